The maximum atomic E-state index is 10.7. The molecule has 6 nitrogen and oxygen atoms in total. The fraction of sp³-hybridized carbons (Fsp3) is 0.364. The molecule has 0 saturated carbocycles. The number of carboxylic acid groups (broad SMARTS) is 1. The Morgan fingerprint density at radius 3 is 3.00 bits per heavy atom. The van der Waals surface area contributed by atoms with Crippen LogP contribution in [0.4, 0.5) is 5.13 Å². The van der Waals surface area contributed by atoms with E-state index < -0.39 is 5.97 Å². The van der Waals surface area contributed by atoms with Gasteiger partial charge in [-0.3, -0.25) is 4.68 Å². The lowest BCUT2D eigenvalue weighted by molar-refractivity contribution is 0.0702. The van der Waals surface area contributed by atoms with Gasteiger partial charge in [0, 0.05) is 25.4 Å². The fourth-order valence-corrected chi connectivity index (χ4v) is 2.31. The van der Waals surface area contributed by atoms with E-state index in [1.807, 2.05) is 13.2 Å². The van der Waals surface area contributed by atoms with Gasteiger partial charge in [0.1, 0.15) is 4.88 Å². The van der Waals surface area contributed by atoms with E-state index in [4.69, 9.17) is 5.11 Å². The molecule has 0 aliphatic heterocycles. The van der Waals surface area contributed by atoms with E-state index in [2.05, 4.69) is 22.3 Å². The standard InChI is InChI=1S/C11H14N4O2S/c1-3-8-7(6-15(2)14-8)4-12-11-13-5-9(18-11)10(16)17/h5-6H,3-4H2,1-2H3,(H,12,13)(H,16,17). The van der Waals surface area contributed by atoms with Crippen molar-refractivity contribution in [3.63, 3.8) is 0 Å². The normalized spacial score (nSPS) is 10.6. The van der Waals surface area contributed by atoms with Crippen LogP contribution in [-0.4, -0.2) is 25.8 Å². The van der Waals surface area contributed by atoms with Gasteiger partial charge in [-0.25, -0.2) is 9.78 Å². The highest BCUT2D eigenvalue weighted by Crippen LogP contribution is 2.19. The summed E-state index contributed by atoms with van der Waals surface area (Å²) in [6.45, 7) is 2.65. The van der Waals surface area contributed by atoms with Crippen LogP contribution < -0.4 is 5.32 Å². The van der Waals surface area contributed by atoms with Crippen molar-refractivity contribution in [2.24, 2.45) is 7.05 Å². The molecule has 96 valence electrons. The molecular formula is C11H14N4O2S. The molecule has 2 aromatic heterocycles. The summed E-state index contributed by atoms with van der Waals surface area (Å²) in [6.07, 6.45) is 4.19. The summed E-state index contributed by atoms with van der Waals surface area (Å²) in [6, 6.07) is 0. The molecule has 0 aliphatic carbocycles. The molecule has 0 aliphatic rings. The second kappa shape index (κ2) is 5.18. The highest BCUT2D eigenvalue weighted by Gasteiger charge is 2.10. The molecule has 2 N–H and O–H groups in total. The molecule has 2 aromatic rings. The van der Waals surface area contributed by atoms with E-state index in [0.29, 0.717) is 11.7 Å². The van der Waals surface area contributed by atoms with E-state index in [1.54, 1.807) is 4.68 Å². The summed E-state index contributed by atoms with van der Waals surface area (Å²) in [7, 11) is 1.88. The second-order valence-corrected chi connectivity index (χ2v) is 4.85. The zero-order valence-electron chi connectivity index (χ0n) is 10.2. The molecule has 7 heteroatoms. The van der Waals surface area contributed by atoms with E-state index in [-0.39, 0.29) is 4.88 Å². The number of anilines is 1. The SMILES string of the molecule is CCc1nn(C)cc1CNc1ncc(C(=O)O)s1. The first kappa shape index (κ1) is 12.6. The van der Waals surface area contributed by atoms with Crippen molar-refractivity contribution >= 4 is 22.4 Å². The first-order chi connectivity index (χ1) is 8.60. The van der Waals surface area contributed by atoms with Crippen LogP contribution in [0, 0.1) is 0 Å². The van der Waals surface area contributed by atoms with Gasteiger partial charge < -0.3 is 10.4 Å². The minimum absolute atomic E-state index is 0.236. The number of thiazole rings is 1. The Balaban J connectivity index is 2.04. The Morgan fingerprint density at radius 1 is 1.61 bits per heavy atom. The first-order valence-corrected chi connectivity index (χ1v) is 6.36. The number of carbonyl (C=O) groups is 1. The lowest BCUT2D eigenvalue weighted by Crippen LogP contribution is -2.00. The average Bonchev–Trinajstić information content (AvgIpc) is 2.92. The average molecular weight is 266 g/mol. The number of hydrogen-bond acceptors (Lipinski definition) is 5. The third-order valence-corrected chi connectivity index (χ3v) is 3.42. The van der Waals surface area contributed by atoms with Crippen LogP contribution in [0.15, 0.2) is 12.4 Å². The summed E-state index contributed by atoms with van der Waals surface area (Å²) >= 11 is 1.13. The molecular weight excluding hydrogens is 252 g/mol. The van der Waals surface area contributed by atoms with Gasteiger partial charge in [-0.05, 0) is 6.42 Å². The van der Waals surface area contributed by atoms with Gasteiger partial charge in [-0.15, -0.1) is 0 Å². The molecule has 0 saturated heterocycles. The van der Waals surface area contributed by atoms with E-state index in [1.165, 1.54) is 6.20 Å². The van der Waals surface area contributed by atoms with E-state index in [9.17, 15) is 4.79 Å². The smallest absolute Gasteiger partial charge is 0.347 e. The molecule has 0 unspecified atom stereocenters. The molecule has 0 radical (unpaired) electrons. The summed E-state index contributed by atoms with van der Waals surface area (Å²) in [5, 5.41) is 16.9. The van der Waals surface area contributed by atoms with Crippen molar-refractivity contribution in [1.82, 2.24) is 14.8 Å². The first-order valence-electron chi connectivity index (χ1n) is 5.54. The topological polar surface area (TPSA) is 80.0 Å². The van der Waals surface area contributed by atoms with Gasteiger partial charge in [-0.2, -0.15) is 5.10 Å². The van der Waals surface area contributed by atoms with Crippen molar-refractivity contribution < 1.29 is 9.90 Å². The minimum atomic E-state index is -0.948. The van der Waals surface area contributed by atoms with Gasteiger partial charge in [0.2, 0.25) is 0 Å². The number of aromatic carboxylic acids is 1. The van der Waals surface area contributed by atoms with Crippen LogP contribution in [0.1, 0.15) is 27.9 Å². The highest BCUT2D eigenvalue weighted by atomic mass is 32.1. The highest BCUT2D eigenvalue weighted by molar-refractivity contribution is 7.17. The Labute approximate surface area is 108 Å². The van der Waals surface area contributed by atoms with Gasteiger partial charge in [0.05, 0.1) is 11.9 Å². The van der Waals surface area contributed by atoms with Crippen molar-refractivity contribution in [3.05, 3.63) is 28.5 Å². The number of carboxylic acids is 1. The van der Waals surface area contributed by atoms with Crippen LogP contribution in [-0.2, 0) is 20.0 Å². The van der Waals surface area contributed by atoms with Crippen molar-refractivity contribution in [2.45, 2.75) is 19.9 Å². The van der Waals surface area contributed by atoms with Crippen LogP contribution >= 0.6 is 11.3 Å². The van der Waals surface area contributed by atoms with Gasteiger partial charge in [-0.1, -0.05) is 18.3 Å². The number of aromatic nitrogens is 3. The number of nitrogens with zero attached hydrogens (tertiary/aromatic N) is 3. The number of hydrogen-bond donors (Lipinski definition) is 2. The summed E-state index contributed by atoms with van der Waals surface area (Å²) < 4.78 is 1.78. The molecule has 0 aromatic carbocycles. The molecule has 2 rings (SSSR count). The summed E-state index contributed by atoms with van der Waals surface area (Å²) in [5.74, 6) is -0.948. The quantitative estimate of drug-likeness (QED) is 0.861. The van der Waals surface area contributed by atoms with Crippen LogP contribution in [0.2, 0.25) is 0 Å². The fourth-order valence-electron chi connectivity index (χ4n) is 1.65. The van der Waals surface area contributed by atoms with Crippen LogP contribution in [0.5, 0.6) is 0 Å². The summed E-state index contributed by atoms with van der Waals surface area (Å²) in [4.78, 5) is 15.0. The van der Waals surface area contributed by atoms with E-state index in [0.717, 1.165) is 29.0 Å². The zero-order chi connectivity index (χ0) is 13.1. The number of aryl methyl sites for hydroxylation is 2. The molecule has 0 bridgehead atoms. The molecule has 2 heterocycles. The van der Waals surface area contributed by atoms with Crippen LogP contribution in [0.25, 0.3) is 0 Å². The maximum absolute atomic E-state index is 10.7. The Bertz CT molecular complexity index is 561. The van der Waals surface area contributed by atoms with Crippen molar-refractivity contribution in [1.29, 1.82) is 0 Å². The van der Waals surface area contributed by atoms with Gasteiger partial charge in [0.25, 0.3) is 0 Å². The monoisotopic (exact) mass is 266 g/mol. The Hall–Kier alpha value is -1.89. The second-order valence-electron chi connectivity index (χ2n) is 3.82. The minimum Gasteiger partial charge on any atom is -0.477 e. The summed E-state index contributed by atoms with van der Waals surface area (Å²) in [5.41, 5.74) is 2.15. The largest absolute Gasteiger partial charge is 0.477 e. The molecule has 0 spiro atoms. The number of rotatable bonds is 5. The molecule has 18 heavy (non-hydrogen) atoms. The predicted octanol–water partition coefficient (Wildman–Crippen LogP) is 1.75. The van der Waals surface area contributed by atoms with E-state index >= 15 is 0 Å². The maximum Gasteiger partial charge on any atom is 0.347 e. The Morgan fingerprint density at radius 2 is 2.39 bits per heavy atom. The molecule has 0 amide bonds. The van der Waals surface area contributed by atoms with Crippen molar-refractivity contribution in [3.8, 4) is 0 Å². The lowest BCUT2D eigenvalue weighted by atomic mass is 10.2. The number of nitrogens with one attached hydrogen (secondary N) is 1. The Kier molecular flexibility index (Phi) is 3.61. The van der Waals surface area contributed by atoms with Gasteiger partial charge in [0.15, 0.2) is 5.13 Å². The molecule has 0 fully saturated rings. The van der Waals surface area contributed by atoms with Crippen LogP contribution in [0.3, 0.4) is 0 Å². The zero-order valence-corrected chi connectivity index (χ0v) is 11.0. The third kappa shape index (κ3) is 2.67. The van der Waals surface area contributed by atoms with Crippen molar-refractivity contribution in [2.75, 3.05) is 5.32 Å². The molecule has 0 atom stereocenters. The lowest BCUT2D eigenvalue weighted by Gasteiger charge is -2.01. The third-order valence-electron chi connectivity index (χ3n) is 2.47. The van der Waals surface area contributed by atoms with Gasteiger partial charge >= 0.3 is 5.97 Å². The predicted molar refractivity (Wildman–Crippen MR) is 69.0 cm³/mol.